The maximum absolute atomic E-state index is 6.49. The highest BCUT2D eigenvalue weighted by Crippen LogP contribution is 2.49. The zero-order chi connectivity index (χ0) is 32.8. The Bertz CT molecular complexity index is 3000. The number of furan rings is 1. The third kappa shape index (κ3) is 4.22. The topological polar surface area (TPSA) is 13.1 Å². The van der Waals surface area contributed by atoms with Gasteiger partial charge in [0.1, 0.15) is 11.2 Å². The molecule has 0 aliphatic carbocycles. The fraction of sp³-hybridized carbons (Fsp3) is 0. The maximum Gasteiger partial charge on any atom is 0.136 e. The summed E-state index contributed by atoms with van der Waals surface area (Å²) in [7, 11) is 0. The largest absolute Gasteiger partial charge is 0.456 e. The van der Waals surface area contributed by atoms with Gasteiger partial charge in [-0.3, -0.25) is 0 Å². The number of benzene rings is 9. The van der Waals surface area contributed by atoms with Gasteiger partial charge in [-0.25, -0.2) is 0 Å². The van der Waals surface area contributed by atoms with Crippen molar-refractivity contribution in [2.24, 2.45) is 0 Å². The lowest BCUT2D eigenvalue weighted by molar-refractivity contribution is 0.669. The molecule has 0 atom stereocenters. The lowest BCUT2D eigenvalue weighted by Gasteiger charge is -2.21. The summed E-state index contributed by atoms with van der Waals surface area (Å²) in [5.74, 6) is 0. The second-order valence-electron chi connectivity index (χ2n) is 13.3. The van der Waals surface area contributed by atoms with Crippen LogP contribution < -0.4 is 0 Å². The van der Waals surface area contributed by atoms with Gasteiger partial charge in [0, 0.05) is 25.9 Å². The molecule has 0 radical (unpaired) electrons. The summed E-state index contributed by atoms with van der Waals surface area (Å²) >= 11 is 1.87. The minimum Gasteiger partial charge on any atom is -0.456 e. The molecule has 11 rings (SSSR count). The van der Waals surface area contributed by atoms with Crippen molar-refractivity contribution in [3.8, 4) is 44.5 Å². The molecule has 0 amide bonds. The monoisotopic (exact) mass is 652 g/mol. The first-order chi connectivity index (χ1) is 24.7. The first-order valence-electron chi connectivity index (χ1n) is 17.1. The van der Waals surface area contributed by atoms with E-state index in [1.807, 2.05) is 11.8 Å². The molecule has 1 nitrogen and oxygen atoms in total. The standard InChI is InChI=1S/C48H28OS/c1-2-12-37-30(7-1)21-22-36-27-42-44(28-40(36)37)49-43-15-6-13-38(48(42)43)31-19-17-29(18-20-31)33-10-3-11-34(25-33)35-23-24-45-41(26-35)39-14-4-8-32-9-5-16-46(50-45)47(32)39/h1-28H. The van der Waals surface area contributed by atoms with Gasteiger partial charge < -0.3 is 4.42 Å². The normalized spacial score (nSPS) is 12.3. The zero-order valence-corrected chi connectivity index (χ0v) is 27.8. The van der Waals surface area contributed by atoms with Gasteiger partial charge in [-0.2, -0.15) is 0 Å². The zero-order valence-electron chi connectivity index (χ0n) is 27.0. The van der Waals surface area contributed by atoms with Gasteiger partial charge in [0.2, 0.25) is 0 Å². The first-order valence-corrected chi connectivity index (χ1v) is 17.9. The van der Waals surface area contributed by atoms with Crippen LogP contribution in [0.1, 0.15) is 0 Å². The van der Waals surface area contributed by atoms with Crippen LogP contribution in [0.25, 0.3) is 98.8 Å². The minimum absolute atomic E-state index is 0.914. The van der Waals surface area contributed by atoms with Crippen molar-refractivity contribution >= 4 is 66.0 Å². The van der Waals surface area contributed by atoms with E-state index in [1.165, 1.54) is 86.6 Å². The molecule has 1 aromatic heterocycles. The van der Waals surface area contributed by atoms with Crippen LogP contribution in [0.2, 0.25) is 0 Å². The Morgan fingerprint density at radius 1 is 0.320 bits per heavy atom. The van der Waals surface area contributed by atoms with Crippen LogP contribution in [0, 0.1) is 0 Å². The van der Waals surface area contributed by atoms with E-state index in [1.54, 1.807) is 0 Å². The number of hydrogen-bond donors (Lipinski definition) is 0. The van der Waals surface area contributed by atoms with Crippen LogP contribution in [0.15, 0.2) is 184 Å². The van der Waals surface area contributed by atoms with E-state index >= 15 is 0 Å². The van der Waals surface area contributed by atoms with Gasteiger partial charge >= 0.3 is 0 Å². The van der Waals surface area contributed by atoms with E-state index in [2.05, 4.69) is 170 Å². The Morgan fingerprint density at radius 2 is 1.02 bits per heavy atom. The highest BCUT2D eigenvalue weighted by atomic mass is 32.2. The Kier molecular flexibility index (Phi) is 5.96. The molecule has 0 spiro atoms. The molecule has 1 aliphatic heterocycles. The predicted octanol–water partition coefficient (Wildman–Crippen LogP) is 14.2. The molecule has 0 unspecified atom stereocenters. The van der Waals surface area contributed by atoms with Gasteiger partial charge in [0.25, 0.3) is 0 Å². The summed E-state index contributed by atoms with van der Waals surface area (Å²) in [6.07, 6.45) is 0. The van der Waals surface area contributed by atoms with E-state index in [9.17, 15) is 0 Å². The Labute approximate surface area is 293 Å². The maximum atomic E-state index is 6.49. The van der Waals surface area contributed by atoms with Gasteiger partial charge in [-0.1, -0.05) is 139 Å². The molecule has 232 valence electrons. The molecule has 2 heterocycles. The Morgan fingerprint density at radius 3 is 1.94 bits per heavy atom. The molecule has 0 saturated carbocycles. The number of hydrogen-bond acceptors (Lipinski definition) is 2. The van der Waals surface area contributed by atoms with Crippen molar-refractivity contribution in [2.75, 3.05) is 0 Å². The van der Waals surface area contributed by atoms with E-state index < -0.39 is 0 Å². The first kappa shape index (κ1) is 27.8. The summed E-state index contributed by atoms with van der Waals surface area (Å²) < 4.78 is 6.49. The lowest BCUT2D eigenvalue weighted by atomic mass is 9.93. The van der Waals surface area contributed by atoms with Crippen LogP contribution in [-0.4, -0.2) is 0 Å². The molecule has 9 aromatic carbocycles. The molecule has 0 bridgehead atoms. The average molecular weight is 653 g/mol. The van der Waals surface area contributed by atoms with Crippen LogP contribution in [0.5, 0.6) is 0 Å². The average Bonchev–Trinajstić information content (AvgIpc) is 3.55. The van der Waals surface area contributed by atoms with Crippen molar-refractivity contribution in [3.05, 3.63) is 170 Å². The summed E-state index contributed by atoms with van der Waals surface area (Å²) in [6.45, 7) is 0. The third-order valence-electron chi connectivity index (χ3n) is 10.4. The molecule has 0 saturated heterocycles. The lowest BCUT2D eigenvalue weighted by Crippen LogP contribution is -1.93. The van der Waals surface area contributed by atoms with Crippen molar-refractivity contribution in [3.63, 3.8) is 0 Å². The summed E-state index contributed by atoms with van der Waals surface area (Å²) in [6, 6.07) is 62.0. The van der Waals surface area contributed by atoms with Crippen LogP contribution in [-0.2, 0) is 0 Å². The molecular formula is C48H28OS. The minimum atomic E-state index is 0.914. The van der Waals surface area contributed by atoms with Gasteiger partial charge in [-0.05, 0) is 114 Å². The summed E-state index contributed by atoms with van der Waals surface area (Å²) in [5.41, 5.74) is 11.7. The van der Waals surface area contributed by atoms with Gasteiger partial charge in [0.15, 0.2) is 0 Å². The van der Waals surface area contributed by atoms with Gasteiger partial charge in [0.05, 0.1) is 0 Å². The summed E-state index contributed by atoms with van der Waals surface area (Å²) in [5, 5.41) is 9.92. The van der Waals surface area contributed by atoms with Crippen molar-refractivity contribution in [1.29, 1.82) is 0 Å². The van der Waals surface area contributed by atoms with Crippen LogP contribution >= 0.6 is 11.8 Å². The van der Waals surface area contributed by atoms with Crippen LogP contribution in [0.3, 0.4) is 0 Å². The third-order valence-corrected chi connectivity index (χ3v) is 11.6. The summed E-state index contributed by atoms with van der Waals surface area (Å²) in [4.78, 5) is 2.65. The van der Waals surface area contributed by atoms with Crippen molar-refractivity contribution < 1.29 is 4.42 Å². The van der Waals surface area contributed by atoms with Crippen molar-refractivity contribution in [1.82, 2.24) is 0 Å². The van der Waals surface area contributed by atoms with Gasteiger partial charge in [-0.15, -0.1) is 0 Å². The molecular weight excluding hydrogens is 625 g/mol. The fourth-order valence-electron chi connectivity index (χ4n) is 8.03. The SMILES string of the molecule is c1cc(-c2ccc(-c3cccc4oc5cc6c(ccc7ccccc76)cc5c34)cc2)cc(-c2ccc3c(c2)-c2cccc4cccc(c24)S3)c1. The molecule has 1 aliphatic rings. The molecule has 10 aromatic rings. The van der Waals surface area contributed by atoms with E-state index in [0.717, 1.165) is 21.9 Å². The van der Waals surface area contributed by atoms with E-state index in [-0.39, 0.29) is 0 Å². The highest BCUT2D eigenvalue weighted by Gasteiger charge is 2.20. The smallest absolute Gasteiger partial charge is 0.136 e. The second kappa shape index (κ2) is 10.7. The number of rotatable bonds is 3. The molecule has 0 N–H and O–H groups in total. The van der Waals surface area contributed by atoms with E-state index in [0.29, 0.717) is 0 Å². The highest BCUT2D eigenvalue weighted by molar-refractivity contribution is 7.99. The van der Waals surface area contributed by atoms with E-state index in [4.69, 9.17) is 4.42 Å². The molecule has 2 heteroatoms. The predicted molar refractivity (Wildman–Crippen MR) is 212 cm³/mol. The Balaban J connectivity index is 0.966. The Hall–Kier alpha value is -6.09. The molecule has 0 fully saturated rings. The van der Waals surface area contributed by atoms with Crippen LogP contribution in [0.4, 0.5) is 0 Å². The second-order valence-corrected chi connectivity index (χ2v) is 14.4. The number of fused-ring (bicyclic) bond motifs is 8. The quantitative estimate of drug-likeness (QED) is 0.176. The fourth-order valence-corrected chi connectivity index (χ4v) is 9.16. The molecule has 50 heavy (non-hydrogen) atoms. The van der Waals surface area contributed by atoms with Crippen molar-refractivity contribution in [2.45, 2.75) is 9.79 Å².